The number of amidine groups is 2. The number of hydrogen-bond acceptors (Lipinski definition) is 6. The molecule has 4 rings (SSSR count). The molecule has 0 unspecified atom stereocenters. The molecule has 172 valence electrons. The monoisotopic (exact) mass is 465 g/mol. The molecular weight excluding hydrogens is 438 g/mol. The Morgan fingerprint density at radius 3 is 2.67 bits per heavy atom. The van der Waals surface area contributed by atoms with Crippen LogP contribution in [0.1, 0.15) is 43.1 Å². The third-order valence-corrected chi connectivity index (χ3v) is 6.61. The molecule has 0 saturated carbocycles. The van der Waals surface area contributed by atoms with Gasteiger partial charge < -0.3 is 14.0 Å². The van der Waals surface area contributed by atoms with E-state index in [-0.39, 0.29) is 11.4 Å². The van der Waals surface area contributed by atoms with Crippen LogP contribution in [0.4, 0.5) is 0 Å². The van der Waals surface area contributed by atoms with Gasteiger partial charge in [0.25, 0.3) is 5.91 Å². The van der Waals surface area contributed by atoms with Crippen LogP contribution in [-0.4, -0.2) is 45.7 Å². The van der Waals surface area contributed by atoms with Crippen molar-refractivity contribution in [1.82, 2.24) is 9.58 Å². The molecule has 2 aliphatic heterocycles. The fourth-order valence-corrected chi connectivity index (χ4v) is 4.82. The second kappa shape index (κ2) is 9.27. The number of fused-ring (bicyclic) bond motifs is 1. The minimum atomic E-state index is -0.419. The molecule has 1 aromatic carbocycles. The Labute approximate surface area is 197 Å². The van der Waals surface area contributed by atoms with Crippen molar-refractivity contribution < 1.29 is 14.3 Å². The molecule has 2 aliphatic rings. The fourth-order valence-electron chi connectivity index (χ4n) is 3.89. The summed E-state index contributed by atoms with van der Waals surface area (Å²) in [5.74, 6) is 1.01. The van der Waals surface area contributed by atoms with Crippen LogP contribution >= 0.6 is 11.8 Å². The third kappa shape index (κ3) is 4.20. The highest BCUT2D eigenvalue weighted by Gasteiger charge is 2.35. The lowest BCUT2D eigenvalue weighted by Crippen LogP contribution is -2.35. The van der Waals surface area contributed by atoms with E-state index in [4.69, 9.17) is 14.9 Å². The lowest BCUT2D eigenvalue weighted by molar-refractivity contribution is -0.114. The number of methoxy groups -OCH3 is 2. The van der Waals surface area contributed by atoms with Gasteiger partial charge in [0.1, 0.15) is 16.5 Å². The summed E-state index contributed by atoms with van der Waals surface area (Å²) in [5.41, 5.74) is 3.81. The number of amides is 1. The van der Waals surface area contributed by atoms with Gasteiger partial charge in [-0.25, -0.2) is 0 Å². The number of carbonyl (C=O) groups is 1. The number of aliphatic imine (C=N–C) groups is 1. The van der Waals surface area contributed by atoms with Crippen LogP contribution in [-0.2, 0) is 4.79 Å². The standard InChI is InChI=1S/C24H27N5O3S/c1-6-7-8-21-27-29-22(25)18(23(30)26-24(29)33-21)12-16-11-14(2)28(15(16)3)19-10-9-17(31-4)13-20(19)32-5/h9-13,25H,6-8H2,1-5H3. The van der Waals surface area contributed by atoms with Crippen molar-refractivity contribution in [3.05, 3.63) is 46.8 Å². The van der Waals surface area contributed by atoms with Crippen molar-refractivity contribution >= 4 is 39.8 Å². The number of aryl methyl sites for hydroxylation is 1. The van der Waals surface area contributed by atoms with Crippen molar-refractivity contribution in [3.63, 3.8) is 0 Å². The number of rotatable bonds is 7. The number of nitrogens with one attached hydrogen (secondary N) is 1. The second-order valence-electron chi connectivity index (χ2n) is 7.82. The van der Waals surface area contributed by atoms with E-state index in [2.05, 4.69) is 21.6 Å². The minimum absolute atomic E-state index is 0.0517. The summed E-state index contributed by atoms with van der Waals surface area (Å²) >= 11 is 1.37. The number of benzene rings is 1. The van der Waals surface area contributed by atoms with Gasteiger partial charge in [-0.15, -0.1) is 0 Å². The van der Waals surface area contributed by atoms with Crippen molar-refractivity contribution in [3.8, 4) is 17.2 Å². The van der Waals surface area contributed by atoms with E-state index in [1.807, 2.05) is 38.1 Å². The Hall–Kier alpha value is -3.33. The number of carbonyl (C=O) groups excluding carboxylic acids is 1. The number of hydrazone groups is 1. The molecule has 0 radical (unpaired) electrons. The smallest absolute Gasteiger partial charge is 0.283 e. The highest BCUT2D eigenvalue weighted by Crippen LogP contribution is 2.34. The number of unbranched alkanes of at least 4 members (excludes halogenated alkanes) is 1. The molecule has 1 N–H and O–H groups in total. The average molecular weight is 466 g/mol. The van der Waals surface area contributed by atoms with Crippen LogP contribution in [0, 0.1) is 19.3 Å². The quantitative estimate of drug-likeness (QED) is 0.586. The number of nitrogens with zero attached hydrogens (tertiary/aromatic N) is 4. The van der Waals surface area contributed by atoms with Crippen molar-refractivity contribution in [2.75, 3.05) is 14.2 Å². The molecule has 0 fully saturated rings. The van der Waals surface area contributed by atoms with E-state index >= 15 is 0 Å². The topological polar surface area (TPSA) is 92.3 Å². The Balaban J connectivity index is 1.71. The molecule has 1 aromatic heterocycles. The first-order valence-corrected chi connectivity index (χ1v) is 11.6. The first kappa shape index (κ1) is 22.8. The van der Waals surface area contributed by atoms with Crippen LogP contribution < -0.4 is 9.47 Å². The van der Waals surface area contributed by atoms with Gasteiger partial charge in [0.05, 0.1) is 25.5 Å². The number of thioether (sulfide) groups is 1. The largest absolute Gasteiger partial charge is 0.497 e. The van der Waals surface area contributed by atoms with Gasteiger partial charge in [-0.3, -0.25) is 10.2 Å². The summed E-state index contributed by atoms with van der Waals surface area (Å²) in [5, 5.41) is 16.0. The zero-order valence-electron chi connectivity index (χ0n) is 19.4. The van der Waals surface area contributed by atoms with E-state index in [9.17, 15) is 4.79 Å². The zero-order chi connectivity index (χ0) is 23.7. The molecule has 1 amide bonds. The summed E-state index contributed by atoms with van der Waals surface area (Å²) in [6.07, 6.45) is 4.62. The fraction of sp³-hybridized carbons (Fsp3) is 0.333. The molecule has 0 bridgehead atoms. The van der Waals surface area contributed by atoms with E-state index in [0.29, 0.717) is 16.7 Å². The van der Waals surface area contributed by atoms with Gasteiger partial charge in [0.15, 0.2) is 5.84 Å². The van der Waals surface area contributed by atoms with Gasteiger partial charge in [-0.1, -0.05) is 13.3 Å². The van der Waals surface area contributed by atoms with Gasteiger partial charge >= 0.3 is 0 Å². The maximum atomic E-state index is 12.8. The van der Waals surface area contributed by atoms with Crippen LogP contribution in [0.15, 0.2) is 39.9 Å². The Bertz CT molecular complexity index is 1220. The Morgan fingerprint density at radius 1 is 1.18 bits per heavy atom. The van der Waals surface area contributed by atoms with Crippen molar-refractivity contribution in [2.45, 2.75) is 40.0 Å². The summed E-state index contributed by atoms with van der Waals surface area (Å²) < 4.78 is 13.0. The van der Waals surface area contributed by atoms with Gasteiger partial charge in [0, 0.05) is 17.5 Å². The molecule has 0 aliphatic carbocycles. The van der Waals surface area contributed by atoms with Crippen LogP contribution in [0.2, 0.25) is 0 Å². The predicted octanol–water partition coefficient (Wildman–Crippen LogP) is 4.92. The van der Waals surface area contributed by atoms with Gasteiger partial charge in [-0.05, 0) is 68.3 Å². The first-order chi connectivity index (χ1) is 15.9. The summed E-state index contributed by atoms with van der Waals surface area (Å²) in [4.78, 5) is 17.0. The summed E-state index contributed by atoms with van der Waals surface area (Å²) in [6.45, 7) is 6.08. The minimum Gasteiger partial charge on any atom is -0.497 e. The highest BCUT2D eigenvalue weighted by molar-refractivity contribution is 8.26. The van der Waals surface area contributed by atoms with Crippen LogP contribution in [0.5, 0.6) is 11.5 Å². The normalized spacial score (nSPS) is 16.8. The molecule has 0 atom stereocenters. The van der Waals surface area contributed by atoms with Crippen LogP contribution in [0.3, 0.4) is 0 Å². The van der Waals surface area contributed by atoms with E-state index in [1.165, 1.54) is 16.8 Å². The molecule has 9 heteroatoms. The molecular formula is C24H27N5O3S. The predicted molar refractivity (Wildman–Crippen MR) is 133 cm³/mol. The van der Waals surface area contributed by atoms with Gasteiger partial charge in [-0.2, -0.15) is 15.1 Å². The lowest BCUT2D eigenvalue weighted by atomic mass is 10.1. The van der Waals surface area contributed by atoms with Crippen molar-refractivity contribution in [2.24, 2.45) is 10.1 Å². The van der Waals surface area contributed by atoms with Crippen LogP contribution in [0.25, 0.3) is 11.8 Å². The lowest BCUT2D eigenvalue weighted by Gasteiger charge is -2.20. The number of hydrogen-bond donors (Lipinski definition) is 1. The maximum Gasteiger partial charge on any atom is 0.283 e. The maximum absolute atomic E-state index is 12.8. The van der Waals surface area contributed by atoms with Gasteiger partial charge in [0.2, 0.25) is 5.17 Å². The van der Waals surface area contributed by atoms with E-state index in [0.717, 1.165) is 46.9 Å². The average Bonchev–Trinajstić information content (AvgIpc) is 3.34. The molecule has 8 nitrogen and oxygen atoms in total. The zero-order valence-corrected chi connectivity index (χ0v) is 20.2. The van der Waals surface area contributed by atoms with E-state index < -0.39 is 5.91 Å². The first-order valence-electron chi connectivity index (χ1n) is 10.8. The summed E-state index contributed by atoms with van der Waals surface area (Å²) in [6, 6.07) is 7.64. The number of aromatic nitrogens is 1. The molecule has 33 heavy (non-hydrogen) atoms. The highest BCUT2D eigenvalue weighted by atomic mass is 32.2. The molecule has 3 heterocycles. The molecule has 0 spiro atoms. The molecule has 2 aromatic rings. The number of ether oxygens (including phenoxy) is 2. The summed E-state index contributed by atoms with van der Waals surface area (Å²) in [7, 11) is 3.24. The third-order valence-electron chi connectivity index (χ3n) is 5.64. The Morgan fingerprint density at radius 2 is 1.97 bits per heavy atom. The van der Waals surface area contributed by atoms with Crippen molar-refractivity contribution in [1.29, 1.82) is 5.41 Å². The SMILES string of the molecule is CCCCC1=NN2C(=N)C(=Cc3cc(C)n(-c4ccc(OC)cc4OC)c3C)C(=O)N=C2S1. The second-order valence-corrected chi connectivity index (χ2v) is 8.86. The molecule has 0 saturated heterocycles. The Kier molecular flexibility index (Phi) is 6.42. The van der Waals surface area contributed by atoms with E-state index in [1.54, 1.807) is 20.3 Å².